The summed E-state index contributed by atoms with van der Waals surface area (Å²) < 4.78 is 4.68. The fourth-order valence-corrected chi connectivity index (χ4v) is 3.46. The Balaban J connectivity index is 2.83. The first-order chi connectivity index (χ1) is 11.3. The summed E-state index contributed by atoms with van der Waals surface area (Å²) in [6.07, 6.45) is 3.06. The molecule has 8 heteroatoms. The summed E-state index contributed by atoms with van der Waals surface area (Å²) in [6, 6.07) is -0.735. The van der Waals surface area contributed by atoms with Crippen LogP contribution in [0.15, 0.2) is 0 Å². The molecule has 1 saturated carbocycles. The summed E-state index contributed by atoms with van der Waals surface area (Å²) in [5.41, 5.74) is -1.02. The molecule has 0 aromatic rings. The largest absolute Gasteiger partial charge is 0.467 e. The van der Waals surface area contributed by atoms with E-state index in [1.807, 2.05) is 0 Å². The van der Waals surface area contributed by atoms with Crippen molar-refractivity contribution in [2.45, 2.75) is 69.7 Å². The van der Waals surface area contributed by atoms with Gasteiger partial charge in [0.2, 0.25) is 11.8 Å². The average Bonchev–Trinajstić information content (AvgIpc) is 3.00. The number of carbonyl (C=O) groups excluding carboxylic acids is 4. The Labute approximate surface area is 146 Å². The van der Waals surface area contributed by atoms with Gasteiger partial charge in [0.25, 0.3) is 0 Å². The second-order valence-electron chi connectivity index (χ2n) is 5.99. The highest BCUT2D eigenvalue weighted by molar-refractivity contribution is 8.14. The van der Waals surface area contributed by atoms with Gasteiger partial charge in [0.05, 0.1) is 12.4 Å². The van der Waals surface area contributed by atoms with Crippen molar-refractivity contribution >= 4 is 34.7 Å². The van der Waals surface area contributed by atoms with Crippen molar-refractivity contribution in [3.05, 3.63) is 0 Å². The van der Waals surface area contributed by atoms with Gasteiger partial charge in [0.1, 0.15) is 11.6 Å². The van der Waals surface area contributed by atoms with Gasteiger partial charge in [-0.05, 0) is 26.2 Å². The summed E-state index contributed by atoms with van der Waals surface area (Å²) >= 11 is 0.926. The molecule has 7 nitrogen and oxygen atoms in total. The maximum Gasteiger partial charge on any atom is 0.328 e. The summed E-state index contributed by atoms with van der Waals surface area (Å²) in [5, 5.41) is 4.76. The number of thioether (sulfide) groups is 1. The molecule has 1 rings (SSSR count). The zero-order chi connectivity index (χ0) is 18.3. The SMILES string of the molecule is CCC(NC(=O)C1(NC(=O)C(C)SC(C)=O)CCCC1)C(=O)OC. The highest BCUT2D eigenvalue weighted by Gasteiger charge is 2.44. The normalized spacial score (nSPS) is 18.3. The minimum Gasteiger partial charge on any atom is -0.467 e. The molecule has 0 aromatic carbocycles. The molecule has 136 valence electrons. The summed E-state index contributed by atoms with van der Waals surface area (Å²) in [5.74, 6) is -1.23. The minimum atomic E-state index is -1.02. The smallest absolute Gasteiger partial charge is 0.328 e. The van der Waals surface area contributed by atoms with Crippen LogP contribution in [0.4, 0.5) is 0 Å². The van der Waals surface area contributed by atoms with Gasteiger partial charge >= 0.3 is 5.97 Å². The lowest BCUT2D eigenvalue weighted by Gasteiger charge is -2.31. The first kappa shape index (κ1) is 20.5. The number of carbonyl (C=O) groups is 4. The van der Waals surface area contributed by atoms with Crippen molar-refractivity contribution in [1.82, 2.24) is 10.6 Å². The van der Waals surface area contributed by atoms with E-state index >= 15 is 0 Å². The monoisotopic (exact) mass is 358 g/mol. The van der Waals surface area contributed by atoms with Crippen molar-refractivity contribution in [1.29, 1.82) is 0 Å². The van der Waals surface area contributed by atoms with Crippen LogP contribution in [0.5, 0.6) is 0 Å². The Morgan fingerprint density at radius 2 is 1.79 bits per heavy atom. The van der Waals surface area contributed by atoms with Crippen LogP contribution in [-0.4, -0.2) is 46.8 Å². The van der Waals surface area contributed by atoms with Gasteiger partial charge in [-0.25, -0.2) is 4.79 Å². The molecule has 1 aliphatic carbocycles. The average molecular weight is 358 g/mol. The van der Waals surface area contributed by atoms with E-state index < -0.39 is 22.8 Å². The molecular weight excluding hydrogens is 332 g/mol. The van der Waals surface area contributed by atoms with E-state index in [4.69, 9.17) is 0 Å². The van der Waals surface area contributed by atoms with Crippen LogP contribution >= 0.6 is 11.8 Å². The fraction of sp³-hybridized carbons (Fsp3) is 0.750. The first-order valence-corrected chi connectivity index (χ1v) is 9.01. The van der Waals surface area contributed by atoms with Crippen molar-refractivity contribution in [2.24, 2.45) is 0 Å². The third-order valence-corrected chi connectivity index (χ3v) is 5.07. The van der Waals surface area contributed by atoms with E-state index in [0.29, 0.717) is 19.3 Å². The summed E-state index contributed by atoms with van der Waals surface area (Å²) in [7, 11) is 1.27. The number of hydrogen-bond donors (Lipinski definition) is 2. The van der Waals surface area contributed by atoms with Crippen LogP contribution < -0.4 is 10.6 Å². The standard InChI is InChI=1S/C16H26N2O5S/c1-5-12(14(21)23-4)17-15(22)16(8-6-7-9-16)18-13(20)10(2)24-11(3)19/h10,12H,5-9H2,1-4H3,(H,17,22)(H,18,20). The first-order valence-electron chi connectivity index (χ1n) is 8.13. The molecule has 0 heterocycles. The molecule has 1 fully saturated rings. The van der Waals surface area contributed by atoms with Crippen LogP contribution in [0.2, 0.25) is 0 Å². The second kappa shape index (κ2) is 9.05. The van der Waals surface area contributed by atoms with E-state index in [0.717, 1.165) is 24.6 Å². The molecule has 2 N–H and O–H groups in total. The molecule has 0 aromatic heterocycles. The Morgan fingerprint density at radius 3 is 2.25 bits per heavy atom. The van der Waals surface area contributed by atoms with Crippen molar-refractivity contribution < 1.29 is 23.9 Å². The number of amides is 2. The molecule has 0 spiro atoms. The van der Waals surface area contributed by atoms with Crippen LogP contribution in [0, 0.1) is 0 Å². The number of esters is 1. The second-order valence-corrected chi connectivity index (χ2v) is 7.51. The van der Waals surface area contributed by atoms with Gasteiger partial charge < -0.3 is 15.4 Å². The summed E-state index contributed by atoms with van der Waals surface area (Å²) in [6.45, 7) is 4.80. The third-order valence-electron chi connectivity index (χ3n) is 4.17. The minimum absolute atomic E-state index is 0.153. The Hall–Kier alpha value is -1.57. The molecule has 0 aliphatic heterocycles. The highest BCUT2D eigenvalue weighted by atomic mass is 32.2. The predicted molar refractivity (Wildman–Crippen MR) is 91.3 cm³/mol. The van der Waals surface area contributed by atoms with Gasteiger partial charge in [-0.1, -0.05) is 31.5 Å². The summed E-state index contributed by atoms with van der Waals surface area (Å²) in [4.78, 5) is 47.9. The molecule has 1 aliphatic rings. The molecule has 2 unspecified atom stereocenters. The van der Waals surface area contributed by atoms with Crippen LogP contribution in [0.1, 0.15) is 52.9 Å². The number of nitrogens with one attached hydrogen (secondary N) is 2. The van der Waals surface area contributed by atoms with E-state index in [9.17, 15) is 19.2 Å². The quantitative estimate of drug-likeness (QED) is 0.662. The van der Waals surface area contributed by atoms with Gasteiger partial charge in [-0.15, -0.1) is 0 Å². The molecule has 24 heavy (non-hydrogen) atoms. The topological polar surface area (TPSA) is 102 Å². The zero-order valence-corrected chi connectivity index (χ0v) is 15.5. The van der Waals surface area contributed by atoms with Gasteiger partial charge in [-0.3, -0.25) is 14.4 Å². The molecule has 2 atom stereocenters. The molecule has 0 bridgehead atoms. The van der Waals surface area contributed by atoms with E-state index in [1.54, 1.807) is 13.8 Å². The third kappa shape index (κ3) is 5.22. The maximum absolute atomic E-state index is 12.7. The Bertz CT molecular complexity index is 503. The lowest BCUT2D eigenvalue weighted by atomic mass is 9.95. The van der Waals surface area contributed by atoms with Crippen molar-refractivity contribution in [2.75, 3.05) is 7.11 Å². The molecular formula is C16H26N2O5S. The van der Waals surface area contributed by atoms with Gasteiger partial charge in [-0.2, -0.15) is 0 Å². The Morgan fingerprint density at radius 1 is 1.21 bits per heavy atom. The van der Waals surface area contributed by atoms with E-state index in [2.05, 4.69) is 15.4 Å². The Kier molecular flexibility index (Phi) is 7.72. The highest BCUT2D eigenvalue weighted by Crippen LogP contribution is 2.31. The lowest BCUT2D eigenvalue weighted by Crippen LogP contribution is -2.60. The van der Waals surface area contributed by atoms with Crippen molar-refractivity contribution in [3.8, 4) is 0 Å². The van der Waals surface area contributed by atoms with Gasteiger partial charge in [0.15, 0.2) is 5.12 Å². The molecule has 0 saturated heterocycles. The van der Waals surface area contributed by atoms with E-state index in [1.165, 1.54) is 14.0 Å². The van der Waals surface area contributed by atoms with E-state index in [-0.39, 0.29) is 16.9 Å². The van der Waals surface area contributed by atoms with Crippen molar-refractivity contribution in [3.63, 3.8) is 0 Å². The van der Waals surface area contributed by atoms with Gasteiger partial charge in [0, 0.05) is 6.92 Å². The van der Waals surface area contributed by atoms with Crippen LogP contribution in [0.3, 0.4) is 0 Å². The lowest BCUT2D eigenvalue weighted by molar-refractivity contribution is -0.146. The predicted octanol–water partition coefficient (Wildman–Crippen LogP) is 1.15. The molecule has 0 radical (unpaired) electrons. The van der Waals surface area contributed by atoms with Crippen LogP contribution in [0.25, 0.3) is 0 Å². The zero-order valence-electron chi connectivity index (χ0n) is 14.6. The fourth-order valence-electron chi connectivity index (χ4n) is 2.79. The van der Waals surface area contributed by atoms with Crippen LogP contribution in [-0.2, 0) is 23.9 Å². The molecule has 2 amide bonds. The number of ether oxygens (including phenoxy) is 1. The number of rotatable bonds is 7. The number of hydrogen-bond acceptors (Lipinski definition) is 6. The maximum atomic E-state index is 12.7. The number of methoxy groups -OCH3 is 1.